The Morgan fingerprint density at radius 1 is 1.17 bits per heavy atom. The Kier molecular flexibility index (Phi) is 6.46. The standard InChI is InChI=1S/C19H30N2O2/c1-15-9-11-17(12-10-15)20(2)14-19(22)21(3)13-16-7-5-6-8-18(16)23-4/h5-8,15,17H,9-14H2,1-4H3. The van der Waals surface area contributed by atoms with Gasteiger partial charge in [-0.05, 0) is 44.7 Å². The number of ether oxygens (including phenoxy) is 1. The van der Waals surface area contributed by atoms with E-state index in [9.17, 15) is 4.79 Å². The van der Waals surface area contributed by atoms with Crippen LogP contribution in [0.2, 0.25) is 0 Å². The molecule has 2 rings (SSSR count). The van der Waals surface area contributed by atoms with E-state index in [0.29, 0.717) is 19.1 Å². The van der Waals surface area contributed by atoms with Crippen molar-refractivity contribution in [3.8, 4) is 5.75 Å². The zero-order valence-electron chi connectivity index (χ0n) is 14.9. The minimum absolute atomic E-state index is 0.164. The van der Waals surface area contributed by atoms with Gasteiger partial charge in [0.1, 0.15) is 5.75 Å². The quantitative estimate of drug-likeness (QED) is 0.808. The molecule has 0 saturated heterocycles. The molecule has 0 bridgehead atoms. The zero-order valence-corrected chi connectivity index (χ0v) is 14.9. The van der Waals surface area contributed by atoms with Gasteiger partial charge in [-0.15, -0.1) is 0 Å². The third-order valence-electron chi connectivity index (χ3n) is 5.02. The Morgan fingerprint density at radius 2 is 1.83 bits per heavy atom. The normalized spacial score (nSPS) is 21.3. The summed E-state index contributed by atoms with van der Waals surface area (Å²) in [5.41, 5.74) is 1.04. The molecule has 0 aromatic heterocycles. The molecule has 4 heteroatoms. The van der Waals surface area contributed by atoms with Gasteiger partial charge in [-0.3, -0.25) is 9.69 Å². The van der Waals surface area contributed by atoms with Gasteiger partial charge in [-0.1, -0.05) is 25.1 Å². The summed E-state index contributed by atoms with van der Waals surface area (Å²) in [6.07, 6.45) is 4.98. The molecule has 23 heavy (non-hydrogen) atoms. The highest BCUT2D eigenvalue weighted by atomic mass is 16.5. The van der Waals surface area contributed by atoms with Gasteiger partial charge < -0.3 is 9.64 Å². The van der Waals surface area contributed by atoms with Crippen molar-refractivity contribution in [2.24, 2.45) is 5.92 Å². The van der Waals surface area contributed by atoms with Crippen molar-refractivity contribution in [2.75, 3.05) is 27.7 Å². The van der Waals surface area contributed by atoms with Crippen LogP contribution < -0.4 is 4.74 Å². The summed E-state index contributed by atoms with van der Waals surface area (Å²) < 4.78 is 5.36. The van der Waals surface area contributed by atoms with Crippen molar-refractivity contribution in [3.63, 3.8) is 0 Å². The van der Waals surface area contributed by atoms with Crippen LogP contribution in [0, 0.1) is 5.92 Å². The first-order valence-electron chi connectivity index (χ1n) is 8.57. The van der Waals surface area contributed by atoms with Gasteiger partial charge in [0, 0.05) is 25.2 Å². The van der Waals surface area contributed by atoms with Crippen LogP contribution in [0.1, 0.15) is 38.2 Å². The van der Waals surface area contributed by atoms with E-state index in [4.69, 9.17) is 4.74 Å². The van der Waals surface area contributed by atoms with Crippen molar-refractivity contribution in [3.05, 3.63) is 29.8 Å². The second kappa shape index (κ2) is 8.34. The first kappa shape index (κ1) is 17.8. The van der Waals surface area contributed by atoms with Gasteiger partial charge in [0.25, 0.3) is 0 Å². The molecule has 1 aromatic rings. The smallest absolute Gasteiger partial charge is 0.236 e. The highest BCUT2D eigenvalue weighted by Crippen LogP contribution is 2.26. The number of amides is 1. The maximum atomic E-state index is 12.5. The van der Waals surface area contributed by atoms with E-state index in [1.165, 1.54) is 25.7 Å². The fraction of sp³-hybridized carbons (Fsp3) is 0.632. The van der Waals surface area contributed by atoms with E-state index in [1.807, 2.05) is 31.3 Å². The van der Waals surface area contributed by atoms with Crippen molar-refractivity contribution < 1.29 is 9.53 Å². The molecule has 1 fully saturated rings. The van der Waals surface area contributed by atoms with Crippen LogP contribution in [-0.4, -0.2) is 49.5 Å². The largest absolute Gasteiger partial charge is 0.496 e. The second-order valence-corrected chi connectivity index (χ2v) is 6.89. The SMILES string of the molecule is COc1ccccc1CN(C)C(=O)CN(C)C1CCC(C)CC1. The molecule has 1 amide bonds. The lowest BCUT2D eigenvalue weighted by Gasteiger charge is -2.34. The third-order valence-corrected chi connectivity index (χ3v) is 5.02. The van der Waals surface area contributed by atoms with E-state index in [1.54, 1.807) is 12.0 Å². The molecule has 0 spiro atoms. The number of hydrogen-bond donors (Lipinski definition) is 0. The zero-order chi connectivity index (χ0) is 16.8. The fourth-order valence-electron chi connectivity index (χ4n) is 3.32. The van der Waals surface area contributed by atoms with Crippen molar-refractivity contribution in [1.29, 1.82) is 0 Å². The first-order valence-corrected chi connectivity index (χ1v) is 8.57. The maximum absolute atomic E-state index is 12.5. The predicted octanol–water partition coefficient (Wildman–Crippen LogP) is 3.16. The van der Waals surface area contributed by atoms with E-state index < -0.39 is 0 Å². The molecule has 1 aliphatic rings. The number of likely N-dealkylation sites (N-methyl/N-ethyl adjacent to an activating group) is 2. The summed E-state index contributed by atoms with van der Waals surface area (Å²) >= 11 is 0. The summed E-state index contributed by atoms with van der Waals surface area (Å²) in [6.45, 7) is 3.39. The van der Waals surface area contributed by atoms with Crippen molar-refractivity contribution in [2.45, 2.75) is 45.2 Å². The topological polar surface area (TPSA) is 32.8 Å². The van der Waals surface area contributed by atoms with Crippen LogP contribution >= 0.6 is 0 Å². The Hall–Kier alpha value is -1.55. The van der Waals surface area contributed by atoms with Crippen LogP contribution in [0.5, 0.6) is 5.75 Å². The number of carbonyl (C=O) groups excluding carboxylic acids is 1. The Balaban J connectivity index is 1.87. The fourth-order valence-corrected chi connectivity index (χ4v) is 3.32. The number of methoxy groups -OCH3 is 1. The predicted molar refractivity (Wildman–Crippen MR) is 93.5 cm³/mol. The Morgan fingerprint density at radius 3 is 2.48 bits per heavy atom. The molecule has 0 unspecified atom stereocenters. The summed E-state index contributed by atoms with van der Waals surface area (Å²) in [7, 11) is 5.61. The molecular weight excluding hydrogens is 288 g/mol. The highest BCUT2D eigenvalue weighted by Gasteiger charge is 2.24. The van der Waals surface area contributed by atoms with Crippen LogP contribution in [-0.2, 0) is 11.3 Å². The van der Waals surface area contributed by atoms with Gasteiger partial charge in [-0.2, -0.15) is 0 Å². The minimum Gasteiger partial charge on any atom is -0.496 e. The average molecular weight is 318 g/mol. The lowest BCUT2D eigenvalue weighted by Crippen LogP contribution is -2.42. The van der Waals surface area contributed by atoms with Gasteiger partial charge >= 0.3 is 0 Å². The summed E-state index contributed by atoms with van der Waals surface area (Å²) in [5, 5.41) is 0. The number of para-hydroxylation sites is 1. The molecule has 0 radical (unpaired) electrons. The van der Waals surface area contributed by atoms with Gasteiger partial charge in [0.05, 0.1) is 13.7 Å². The first-order chi connectivity index (χ1) is 11.0. The van der Waals surface area contributed by atoms with Gasteiger partial charge in [-0.25, -0.2) is 0 Å². The number of hydrogen-bond acceptors (Lipinski definition) is 3. The minimum atomic E-state index is 0.164. The summed E-state index contributed by atoms with van der Waals surface area (Å²) in [4.78, 5) is 16.5. The Bertz CT molecular complexity index is 510. The number of carbonyl (C=O) groups is 1. The summed E-state index contributed by atoms with van der Waals surface area (Å²) in [5.74, 6) is 1.84. The second-order valence-electron chi connectivity index (χ2n) is 6.89. The van der Waals surface area contributed by atoms with Crippen LogP contribution in [0.25, 0.3) is 0 Å². The maximum Gasteiger partial charge on any atom is 0.236 e. The highest BCUT2D eigenvalue weighted by molar-refractivity contribution is 5.78. The molecule has 0 heterocycles. The molecule has 128 valence electrons. The van der Waals surface area contributed by atoms with Crippen LogP contribution in [0.3, 0.4) is 0 Å². The van der Waals surface area contributed by atoms with Crippen LogP contribution in [0.15, 0.2) is 24.3 Å². The van der Waals surface area contributed by atoms with E-state index in [0.717, 1.165) is 17.2 Å². The van der Waals surface area contributed by atoms with E-state index in [2.05, 4.69) is 18.9 Å². The molecule has 4 nitrogen and oxygen atoms in total. The summed E-state index contributed by atoms with van der Waals surface area (Å²) in [6, 6.07) is 8.42. The molecule has 0 N–H and O–H groups in total. The number of benzene rings is 1. The molecule has 1 aromatic carbocycles. The number of nitrogens with zero attached hydrogens (tertiary/aromatic N) is 2. The lowest BCUT2D eigenvalue weighted by molar-refractivity contribution is -0.132. The molecule has 1 saturated carbocycles. The molecule has 0 atom stereocenters. The van der Waals surface area contributed by atoms with Crippen LogP contribution in [0.4, 0.5) is 0 Å². The van der Waals surface area contributed by atoms with Gasteiger partial charge in [0.2, 0.25) is 5.91 Å². The molecule has 0 aliphatic heterocycles. The number of rotatable bonds is 6. The molecule has 1 aliphatic carbocycles. The van der Waals surface area contributed by atoms with E-state index in [-0.39, 0.29) is 5.91 Å². The van der Waals surface area contributed by atoms with E-state index >= 15 is 0 Å². The van der Waals surface area contributed by atoms with Gasteiger partial charge in [0.15, 0.2) is 0 Å². The van der Waals surface area contributed by atoms with Crippen molar-refractivity contribution >= 4 is 5.91 Å². The lowest BCUT2D eigenvalue weighted by atomic mass is 9.87. The molecular formula is C19H30N2O2. The Labute approximate surface area is 140 Å². The third kappa shape index (κ3) is 4.96. The average Bonchev–Trinajstić information content (AvgIpc) is 2.55. The van der Waals surface area contributed by atoms with Crippen molar-refractivity contribution in [1.82, 2.24) is 9.80 Å². The monoisotopic (exact) mass is 318 g/mol.